The maximum atomic E-state index is 12.9. The molecule has 0 aliphatic carbocycles. The maximum Gasteiger partial charge on any atom is 0.410 e. The molecule has 0 saturated carbocycles. The van der Waals surface area contributed by atoms with Crippen LogP contribution in [0.3, 0.4) is 0 Å². The Morgan fingerprint density at radius 3 is 2.35 bits per heavy atom. The number of nitrogens with zero attached hydrogens (tertiary/aromatic N) is 4. The number of nitrogens with one attached hydrogen (secondary N) is 1. The predicted octanol–water partition coefficient (Wildman–Crippen LogP) is 1.51. The second-order valence-corrected chi connectivity index (χ2v) is 10.4. The molecule has 1 aromatic rings. The van der Waals surface area contributed by atoms with E-state index in [1.54, 1.807) is 30.6 Å². The van der Waals surface area contributed by atoms with Crippen LogP contribution in [-0.4, -0.2) is 101 Å². The first-order chi connectivity index (χ1) is 17.6. The normalized spacial score (nSPS) is 21.8. The van der Waals surface area contributed by atoms with Gasteiger partial charge in [0.25, 0.3) is 11.8 Å². The van der Waals surface area contributed by atoms with Crippen molar-refractivity contribution in [3.8, 4) is 0 Å². The van der Waals surface area contributed by atoms with Crippen molar-refractivity contribution in [2.24, 2.45) is 0 Å². The van der Waals surface area contributed by atoms with Gasteiger partial charge < -0.3 is 19.4 Å². The first-order valence-electron chi connectivity index (χ1n) is 12.6. The number of amides is 5. The van der Waals surface area contributed by atoms with E-state index in [2.05, 4.69) is 5.48 Å². The molecule has 0 spiro atoms. The number of rotatable bonds is 7. The zero-order valence-electron chi connectivity index (χ0n) is 21.6. The molecule has 0 aromatic heterocycles. The van der Waals surface area contributed by atoms with Crippen LogP contribution in [0.1, 0.15) is 39.2 Å². The van der Waals surface area contributed by atoms with Gasteiger partial charge >= 0.3 is 12.1 Å². The molecular weight excluding hydrogens is 482 g/mol. The van der Waals surface area contributed by atoms with Gasteiger partial charge in [-0.15, -0.1) is 0 Å². The molecule has 37 heavy (non-hydrogen) atoms. The molecule has 0 unspecified atom stereocenters. The summed E-state index contributed by atoms with van der Waals surface area (Å²) in [5.74, 6) is -0.773. The Kier molecular flexibility index (Phi) is 8.18. The summed E-state index contributed by atoms with van der Waals surface area (Å²) < 4.78 is 5.36. The van der Waals surface area contributed by atoms with Gasteiger partial charge in [0.1, 0.15) is 18.2 Å². The summed E-state index contributed by atoms with van der Waals surface area (Å²) >= 11 is 0. The largest absolute Gasteiger partial charge is 0.444 e. The lowest BCUT2D eigenvalue weighted by atomic mass is 10.0. The molecule has 1 aromatic carbocycles. The van der Waals surface area contributed by atoms with E-state index in [-0.39, 0.29) is 31.2 Å². The highest BCUT2D eigenvalue weighted by Crippen LogP contribution is 2.30. The van der Waals surface area contributed by atoms with Gasteiger partial charge in [-0.2, -0.15) is 5.06 Å². The Hall–Kier alpha value is -3.38. The highest BCUT2D eigenvalue weighted by atomic mass is 16.7. The Morgan fingerprint density at radius 1 is 1.00 bits per heavy atom. The van der Waals surface area contributed by atoms with E-state index in [9.17, 15) is 19.2 Å². The Bertz CT molecular complexity index is 991. The van der Waals surface area contributed by atoms with Gasteiger partial charge in [-0.05, 0) is 39.2 Å². The Morgan fingerprint density at radius 2 is 1.68 bits per heavy atom. The number of piperazine rings is 1. The van der Waals surface area contributed by atoms with E-state index in [4.69, 9.17) is 14.4 Å². The molecule has 3 saturated heterocycles. The minimum absolute atomic E-state index is 0.109. The average Bonchev–Trinajstić information content (AvgIpc) is 3.11. The average molecular weight is 518 g/mol. The Labute approximate surface area is 216 Å². The number of hydroxylamine groups is 3. The molecule has 202 valence electrons. The van der Waals surface area contributed by atoms with Gasteiger partial charge in [0.15, 0.2) is 6.61 Å². The van der Waals surface area contributed by atoms with Crippen molar-refractivity contribution in [2.45, 2.75) is 57.9 Å². The predicted molar refractivity (Wildman–Crippen MR) is 130 cm³/mol. The topological polar surface area (TPSA) is 121 Å². The van der Waals surface area contributed by atoms with E-state index >= 15 is 0 Å². The van der Waals surface area contributed by atoms with Crippen molar-refractivity contribution >= 4 is 23.9 Å². The summed E-state index contributed by atoms with van der Waals surface area (Å²) in [5, 5.41) is 1.36. The monoisotopic (exact) mass is 517 g/mol. The summed E-state index contributed by atoms with van der Waals surface area (Å²) in [6.45, 7) is 7.14. The van der Waals surface area contributed by atoms with Crippen LogP contribution in [-0.2, 0) is 30.6 Å². The third-order valence-corrected chi connectivity index (χ3v) is 6.49. The zero-order chi connectivity index (χ0) is 26.6. The number of carbonyl (C=O) groups is 4. The second-order valence-electron chi connectivity index (χ2n) is 10.4. The summed E-state index contributed by atoms with van der Waals surface area (Å²) in [5.41, 5.74) is 2.70. The third kappa shape index (κ3) is 6.69. The number of urea groups is 1. The molecule has 4 rings (SSSR count). The first kappa shape index (κ1) is 26.7. The SMILES string of the molecule is CC(C)(C)OC(=O)N1CCN(C(=O)CONC(=O)[C@@H]2CC[C@@H]3CN2C(=O)N3OCc2ccccc2)CC1. The van der Waals surface area contributed by atoms with Crippen molar-refractivity contribution < 1.29 is 33.6 Å². The zero-order valence-corrected chi connectivity index (χ0v) is 21.6. The quantitative estimate of drug-likeness (QED) is 0.545. The molecule has 5 amide bonds. The molecule has 2 bridgehead atoms. The van der Waals surface area contributed by atoms with Crippen molar-refractivity contribution in [2.75, 3.05) is 39.3 Å². The molecule has 3 heterocycles. The lowest BCUT2D eigenvalue weighted by molar-refractivity contribution is -0.148. The van der Waals surface area contributed by atoms with E-state index in [1.165, 1.54) is 9.96 Å². The molecule has 0 radical (unpaired) electrons. The first-order valence-corrected chi connectivity index (χ1v) is 12.6. The smallest absolute Gasteiger partial charge is 0.410 e. The van der Waals surface area contributed by atoms with Crippen molar-refractivity contribution in [1.29, 1.82) is 0 Å². The third-order valence-electron chi connectivity index (χ3n) is 6.49. The number of fused-ring (bicyclic) bond motifs is 2. The minimum Gasteiger partial charge on any atom is -0.444 e. The van der Waals surface area contributed by atoms with Crippen LogP contribution in [0.25, 0.3) is 0 Å². The molecule has 3 fully saturated rings. The number of piperidine rings is 1. The highest BCUT2D eigenvalue weighted by molar-refractivity contribution is 5.88. The molecule has 12 nitrogen and oxygen atoms in total. The molecule has 1 N–H and O–H groups in total. The van der Waals surface area contributed by atoms with Crippen molar-refractivity contribution in [1.82, 2.24) is 25.2 Å². The fourth-order valence-electron chi connectivity index (χ4n) is 4.58. The molecule has 2 atom stereocenters. The van der Waals surface area contributed by atoms with E-state index in [0.717, 1.165) is 5.56 Å². The summed E-state index contributed by atoms with van der Waals surface area (Å²) in [6.07, 6.45) is 0.686. The molecule has 3 aliphatic heterocycles. The van der Waals surface area contributed by atoms with Crippen LogP contribution in [0.2, 0.25) is 0 Å². The van der Waals surface area contributed by atoms with E-state index in [0.29, 0.717) is 45.6 Å². The summed E-state index contributed by atoms with van der Waals surface area (Å²) in [7, 11) is 0. The standard InChI is InChI=1S/C25H35N5O7/c1-25(2,3)37-24(34)28-13-11-27(12-14-28)21(31)17-35-26-22(32)20-10-9-19-15-29(20)23(33)30(19)36-16-18-7-5-4-6-8-18/h4-8,19-20H,9-17H2,1-3H3,(H,26,32)/t19-,20+/m1/s1. The van der Waals surface area contributed by atoms with Crippen LogP contribution >= 0.6 is 0 Å². The second kappa shape index (κ2) is 11.3. The van der Waals surface area contributed by atoms with E-state index < -0.39 is 23.6 Å². The van der Waals surface area contributed by atoms with Crippen LogP contribution in [0.5, 0.6) is 0 Å². The number of carbonyl (C=O) groups excluding carboxylic acids is 4. The van der Waals surface area contributed by atoms with Crippen LogP contribution < -0.4 is 5.48 Å². The van der Waals surface area contributed by atoms with Crippen LogP contribution in [0, 0.1) is 0 Å². The lowest BCUT2D eigenvalue weighted by Crippen LogP contribution is -2.53. The molecule has 12 heteroatoms. The lowest BCUT2D eigenvalue weighted by Gasteiger charge is -2.35. The fraction of sp³-hybridized carbons (Fsp3) is 0.600. The number of ether oxygens (including phenoxy) is 1. The minimum atomic E-state index is -0.693. The van der Waals surface area contributed by atoms with Gasteiger partial charge in [-0.25, -0.2) is 15.1 Å². The van der Waals surface area contributed by atoms with Crippen LogP contribution in [0.4, 0.5) is 9.59 Å². The number of benzene rings is 1. The van der Waals surface area contributed by atoms with Gasteiger partial charge in [-0.1, -0.05) is 30.3 Å². The van der Waals surface area contributed by atoms with Gasteiger partial charge in [0.05, 0.1) is 6.04 Å². The molecule has 3 aliphatic rings. The van der Waals surface area contributed by atoms with Gasteiger partial charge in [-0.3, -0.25) is 19.3 Å². The molecular formula is C25H35N5O7. The van der Waals surface area contributed by atoms with E-state index in [1.807, 2.05) is 30.3 Å². The summed E-state index contributed by atoms with van der Waals surface area (Å²) in [6, 6.07) is 8.41. The fourth-order valence-corrected chi connectivity index (χ4v) is 4.58. The highest BCUT2D eigenvalue weighted by Gasteiger charge is 2.48. The van der Waals surface area contributed by atoms with Crippen LogP contribution in [0.15, 0.2) is 30.3 Å². The Balaban J connectivity index is 1.18. The van der Waals surface area contributed by atoms with Crippen molar-refractivity contribution in [3.63, 3.8) is 0 Å². The maximum absolute atomic E-state index is 12.9. The van der Waals surface area contributed by atoms with Crippen molar-refractivity contribution in [3.05, 3.63) is 35.9 Å². The van der Waals surface area contributed by atoms with Gasteiger partial charge in [0.2, 0.25) is 0 Å². The number of hydrogen-bond donors (Lipinski definition) is 1. The summed E-state index contributed by atoms with van der Waals surface area (Å²) in [4.78, 5) is 65.9. The van der Waals surface area contributed by atoms with Gasteiger partial charge in [0, 0.05) is 32.7 Å². The number of hydrogen-bond acceptors (Lipinski definition) is 7.